The minimum Gasteiger partial charge on any atom is -0.481 e. The van der Waals surface area contributed by atoms with Crippen LogP contribution in [-0.4, -0.2) is 36.2 Å². The molecule has 0 spiro atoms. The summed E-state index contributed by atoms with van der Waals surface area (Å²) in [5.41, 5.74) is -0.827. The zero-order valence-corrected chi connectivity index (χ0v) is 12.0. The topological polar surface area (TPSA) is 75.6 Å². The number of hydrogen-bond donors (Lipinski definition) is 2. The highest BCUT2D eigenvalue weighted by Gasteiger charge is 2.41. The average Bonchev–Trinajstić information content (AvgIpc) is 2.93. The molecule has 1 unspecified atom stereocenters. The predicted molar refractivity (Wildman–Crippen MR) is 74.4 cm³/mol. The van der Waals surface area contributed by atoms with Crippen molar-refractivity contribution in [1.29, 1.82) is 0 Å². The fourth-order valence-corrected chi connectivity index (χ4v) is 3.31. The van der Waals surface area contributed by atoms with Gasteiger partial charge < -0.3 is 15.2 Å². The highest BCUT2D eigenvalue weighted by molar-refractivity contribution is 5.85. The van der Waals surface area contributed by atoms with Gasteiger partial charge in [0.1, 0.15) is 0 Å². The normalized spacial score (nSPS) is 25.3. The SMILES string of the molecule is O=C(CC1(C(=O)O)CCCCC1)NCCC1CCCO1. The van der Waals surface area contributed by atoms with Crippen LogP contribution in [0.1, 0.15) is 57.8 Å². The highest BCUT2D eigenvalue weighted by atomic mass is 16.5. The molecule has 1 atom stereocenters. The molecule has 0 bridgehead atoms. The molecule has 0 radical (unpaired) electrons. The van der Waals surface area contributed by atoms with Crippen LogP contribution in [0.15, 0.2) is 0 Å². The van der Waals surface area contributed by atoms with E-state index < -0.39 is 11.4 Å². The van der Waals surface area contributed by atoms with E-state index >= 15 is 0 Å². The second-order valence-corrected chi connectivity index (χ2v) is 6.10. The van der Waals surface area contributed by atoms with Crippen molar-refractivity contribution < 1.29 is 19.4 Å². The van der Waals surface area contributed by atoms with Crippen molar-refractivity contribution in [2.75, 3.05) is 13.2 Å². The molecular formula is C15H25NO4. The first-order chi connectivity index (χ1) is 9.62. The summed E-state index contributed by atoms with van der Waals surface area (Å²) in [4.78, 5) is 23.5. The zero-order chi connectivity index (χ0) is 14.4. The van der Waals surface area contributed by atoms with E-state index in [0.29, 0.717) is 19.4 Å². The van der Waals surface area contributed by atoms with Gasteiger partial charge in [-0.2, -0.15) is 0 Å². The first kappa shape index (κ1) is 15.3. The number of hydrogen-bond acceptors (Lipinski definition) is 3. The molecule has 1 saturated carbocycles. The Bertz CT molecular complexity index is 344. The maximum absolute atomic E-state index is 12.0. The Morgan fingerprint density at radius 3 is 2.55 bits per heavy atom. The van der Waals surface area contributed by atoms with Crippen molar-refractivity contribution in [2.24, 2.45) is 5.41 Å². The molecule has 1 saturated heterocycles. The van der Waals surface area contributed by atoms with Gasteiger partial charge in [-0.3, -0.25) is 9.59 Å². The minimum absolute atomic E-state index is 0.119. The van der Waals surface area contributed by atoms with Crippen molar-refractivity contribution in [3.8, 4) is 0 Å². The van der Waals surface area contributed by atoms with Gasteiger partial charge in [-0.1, -0.05) is 19.3 Å². The lowest BCUT2D eigenvalue weighted by Gasteiger charge is -2.32. The minimum atomic E-state index is -0.827. The van der Waals surface area contributed by atoms with E-state index in [1.807, 2.05) is 0 Å². The third-order valence-corrected chi connectivity index (χ3v) is 4.58. The average molecular weight is 283 g/mol. The molecule has 1 heterocycles. The monoisotopic (exact) mass is 283 g/mol. The van der Waals surface area contributed by atoms with Gasteiger partial charge in [0.05, 0.1) is 11.5 Å². The maximum atomic E-state index is 12.0. The highest BCUT2D eigenvalue weighted by Crippen LogP contribution is 2.39. The molecule has 20 heavy (non-hydrogen) atoms. The molecule has 1 aliphatic heterocycles. The Kier molecular flexibility index (Phi) is 5.40. The first-order valence-corrected chi connectivity index (χ1v) is 7.74. The summed E-state index contributed by atoms with van der Waals surface area (Å²) in [6.07, 6.45) is 7.53. The molecule has 2 fully saturated rings. The van der Waals surface area contributed by atoms with Gasteiger partial charge in [-0.15, -0.1) is 0 Å². The summed E-state index contributed by atoms with van der Waals surface area (Å²) < 4.78 is 5.50. The van der Waals surface area contributed by atoms with Gasteiger partial charge in [-0.25, -0.2) is 0 Å². The van der Waals surface area contributed by atoms with Gasteiger partial charge in [0.25, 0.3) is 0 Å². The van der Waals surface area contributed by atoms with Gasteiger partial charge in [0, 0.05) is 19.6 Å². The summed E-state index contributed by atoms with van der Waals surface area (Å²) in [6, 6.07) is 0. The molecule has 1 amide bonds. The predicted octanol–water partition coefficient (Wildman–Crippen LogP) is 2.10. The molecule has 5 nitrogen and oxygen atoms in total. The van der Waals surface area contributed by atoms with Crippen LogP contribution >= 0.6 is 0 Å². The lowest BCUT2D eigenvalue weighted by molar-refractivity contribution is -0.154. The van der Waals surface area contributed by atoms with Crippen LogP contribution in [0.25, 0.3) is 0 Å². The number of rotatable bonds is 6. The molecule has 0 aromatic carbocycles. The quantitative estimate of drug-likeness (QED) is 0.782. The van der Waals surface area contributed by atoms with E-state index in [2.05, 4.69) is 5.32 Å². The Balaban J connectivity index is 1.75. The van der Waals surface area contributed by atoms with Crippen molar-refractivity contribution in [3.05, 3.63) is 0 Å². The van der Waals surface area contributed by atoms with E-state index in [9.17, 15) is 14.7 Å². The van der Waals surface area contributed by atoms with Crippen molar-refractivity contribution in [2.45, 2.75) is 63.9 Å². The summed E-state index contributed by atoms with van der Waals surface area (Å²) in [5.74, 6) is -0.946. The molecule has 2 aliphatic rings. The summed E-state index contributed by atoms with van der Waals surface area (Å²) >= 11 is 0. The van der Waals surface area contributed by atoms with Gasteiger partial charge in [-0.05, 0) is 32.1 Å². The van der Waals surface area contributed by atoms with Gasteiger partial charge in [0.15, 0.2) is 0 Å². The number of amides is 1. The van der Waals surface area contributed by atoms with Crippen molar-refractivity contribution in [3.63, 3.8) is 0 Å². The van der Waals surface area contributed by atoms with Crippen LogP contribution in [-0.2, 0) is 14.3 Å². The second kappa shape index (κ2) is 7.07. The molecule has 2 rings (SSSR count). The van der Waals surface area contributed by atoms with E-state index in [4.69, 9.17) is 4.74 Å². The molecule has 0 aromatic rings. The molecule has 0 aromatic heterocycles. The number of carbonyl (C=O) groups is 2. The van der Waals surface area contributed by atoms with Gasteiger partial charge in [0.2, 0.25) is 5.91 Å². The van der Waals surface area contributed by atoms with E-state index in [1.54, 1.807) is 0 Å². The second-order valence-electron chi connectivity index (χ2n) is 6.10. The molecule has 2 N–H and O–H groups in total. The summed E-state index contributed by atoms with van der Waals surface area (Å²) in [7, 11) is 0. The summed E-state index contributed by atoms with van der Waals surface area (Å²) in [5, 5.41) is 12.3. The van der Waals surface area contributed by atoms with Crippen LogP contribution in [0.2, 0.25) is 0 Å². The Morgan fingerprint density at radius 2 is 1.95 bits per heavy atom. The lowest BCUT2D eigenvalue weighted by Crippen LogP contribution is -2.39. The van der Waals surface area contributed by atoms with Gasteiger partial charge >= 0.3 is 5.97 Å². The van der Waals surface area contributed by atoms with Crippen LogP contribution in [0.4, 0.5) is 0 Å². The Hall–Kier alpha value is -1.10. The third kappa shape index (κ3) is 3.95. The third-order valence-electron chi connectivity index (χ3n) is 4.58. The van der Waals surface area contributed by atoms with Crippen LogP contribution in [0.3, 0.4) is 0 Å². The van der Waals surface area contributed by atoms with Crippen molar-refractivity contribution >= 4 is 11.9 Å². The standard InChI is InChI=1S/C15H25NO4/c17-13(16-9-6-12-5-4-10-20-12)11-15(14(18)19)7-2-1-3-8-15/h12H,1-11H2,(H,16,17)(H,18,19). The number of aliphatic carboxylic acids is 1. The molecule has 114 valence electrons. The Labute approximate surface area is 120 Å². The fourth-order valence-electron chi connectivity index (χ4n) is 3.31. The van der Waals surface area contributed by atoms with E-state index in [-0.39, 0.29) is 18.4 Å². The number of carboxylic acids is 1. The fraction of sp³-hybridized carbons (Fsp3) is 0.867. The summed E-state index contributed by atoms with van der Waals surface area (Å²) in [6.45, 7) is 1.40. The number of nitrogens with one attached hydrogen (secondary N) is 1. The lowest BCUT2D eigenvalue weighted by atomic mass is 9.71. The maximum Gasteiger partial charge on any atom is 0.310 e. The zero-order valence-electron chi connectivity index (χ0n) is 12.0. The first-order valence-electron chi connectivity index (χ1n) is 7.74. The smallest absolute Gasteiger partial charge is 0.310 e. The van der Waals surface area contributed by atoms with E-state index in [0.717, 1.165) is 45.1 Å². The van der Waals surface area contributed by atoms with Crippen LogP contribution < -0.4 is 5.32 Å². The number of carboxylic acid groups (broad SMARTS) is 1. The number of ether oxygens (including phenoxy) is 1. The van der Waals surface area contributed by atoms with Crippen LogP contribution in [0, 0.1) is 5.41 Å². The number of carbonyl (C=O) groups excluding carboxylic acids is 1. The molecular weight excluding hydrogens is 258 g/mol. The van der Waals surface area contributed by atoms with E-state index in [1.165, 1.54) is 0 Å². The molecule has 1 aliphatic carbocycles. The molecule has 5 heteroatoms. The largest absolute Gasteiger partial charge is 0.481 e. The van der Waals surface area contributed by atoms with Crippen LogP contribution in [0.5, 0.6) is 0 Å². The van der Waals surface area contributed by atoms with Crippen molar-refractivity contribution in [1.82, 2.24) is 5.32 Å². The Morgan fingerprint density at radius 1 is 1.20 bits per heavy atom.